The van der Waals surface area contributed by atoms with Crippen LogP contribution in [-0.2, 0) is 20.1 Å². The zero-order valence-electron chi connectivity index (χ0n) is 12.9. The molecule has 0 aliphatic heterocycles. The Morgan fingerprint density at radius 3 is 2.76 bits per heavy atom. The van der Waals surface area contributed by atoms with Gasteiger partial charge in [-0.15, -0.1) is 0 Å². The van der Waals surface area contributed by atoms with E-state index >= 15 is 0 Å². The number of nitrogens with one attached hydrogen (secondary N) is 1. The zero-order chi connectivity index (χ0) is 14.8. The maximum absolute atomic E-state index is 4.42. The lowest BCUT2D eigenvalue weighted by molar-refractivity contribution is 0.672. The fourth-order valence-corrected chi connectivity index (χ4v) is 2.73. The van der Waals surface area contributed by atoms with Crippen LogP contribution in [0.1, 0.15) is 23.9 Å². The van der Waals surface area contributed by atoms with Crippen molar-refractivity contribution in [3.8, 4) is 0 Å². The van der Waals surface area contributed by atoms with Gasteiger partial charge in [-0.1, -0.05) is 19.1 Å². The molecule has 0 saturated carbocycles. The van der Waals surface area contributed by atoms with E-state index in [2.05, 4.69) is 58.4 Å². The Kier molecular flexibility index (Phi) is 3.80. The molecule has 4 heteroatoms. The first-order chi connectivity index (χ1) is 10.2. The van der Waals surface area contributed by atoms with Gasteiger partial charge in [0.05, 0.1) is 17.9 Å². The van der Waals surface area contributed by atoms with Crippen molar-refractivity contribution >= 4 is 10.9 Å². The Balaban J connectivity index is 1.92. The van der Waals surface area contributed by atoms with E-state index in [4.69, 9.17) is 0 Å². The summed E-state index contributed by atoms with van der Waals surface area (Å²) in [6.45, 7) is 6.93. The molecule has 0 aliphatic rings. The van der Waals surface area contributed by atoms with Crippen molar-refractivity contribution in [3.63, 3.8) is 0 Å². The van der Waals surface area contributed by atoms with Crippen LogP contribution in [0.25, 0.3) is 10.9 Å². The predicted octanol–water partition coefficient (Wildman–Crippen LogP) is 2.84. The SMILES string of the molecule is CCNCc1ccc2ccn(Cc3cc(C)nn3C)c2c1. The molecule has 0 amide bonds. The fraction of sp³-hybridized carbons (Fsp3) is 0.353. The van der Waals surface area contributed by atoms with Crippen molar-refractivity contribution < 1.29 is 0 Å². The summed E-state index contributed by atoms with van der Waals surface area (Å²) in [5.41, 5.74) is 4.90. The highest BCUT2D eigenvalue weighted by Crippen LogP contribution is 2.19. The lowest BCUT2D eigenvalue weighted by Crippen LogP contribution is -2.11. The van der Waals surface area contributed by atoms with Crippen LogP contribution in [0.15, 0.2) is 36.5 Å². The Morgan fingerprint density at radius 2 is 2.05 bits per heavy atom. The molecule has 2 heterocycles. The second-order valence-electron chi connectivity index (χ2n) is 5.52. The molecule has 0 atom stereocenters. The van der Waals surface area contributed by atoms with Crippen molar-refractivity contribution in [2.75, 3.05) is 6.54 Å². The number of hydrogen-bond acceptors (Lipinski definition) is 2. The summed E-state index contributed by atoms with van der Waals surface area (Å²) in [5, 5.41) is 9.09. The molecule has 0 aliphatic carbocycles. The summed E-state index contributed by atoms with van der Waals surface area (Å²) in [7, 11) is 2.00. The lowest BCUT2D eigenvalue weighted by atomic mass is 10.1. The Labute approximate surface area is 125 Å². The molecule has 21 heavy (non-hydrogen) atoms. The third-order valence-electron chi connectivity index (χ3n) is 3.85. The lowest BCUT2D eigenvalue weighted by Gasteiger charge is -2.08. The van der Waals surface area contributed by atoms with Crippen molar-refractivity contribution in [3.05, 3.63) is 53.5 Å². The minimum absolute atomic E-state index is 0.853. The molecule has 0 bridgehead atoms. The van der Waals surface area contributed by atoms with E-state index in [1.54, 1.807) is 0 Å². The van der Waals surface area contributed by atoms with Crippen LogP contribution in [0.5, 0.6) is 0 Å². The molecule has 0 spiro atoms. The summed E-state index contributed by atoms with van der Waals surface area (Å²) in [6, 6.07) is 11.0. The van der Waals surface area contributed by atoms with Crippen LogP contribution in [-0.4, -0.2) is 20.9 Å². The second-order valence-corrected chi connectivity index (χ2v) is 5.52. The average molecular weight is 282 g/mol. The van der Waals surface area contributed by atoms with Gasteiger partial charge in [-0.05, 0) is 42.6 Å². The number of hydrogen-bond donors (Lipinski definition) is 1. The Morgan fingerprint density at radius 1 is 1.19 bits per heavy atom. The standard InChI is InChI=1S/C17H22N4/c1-4-18-11-14-5-6-15-7-8-21(17(15)10-14)12-16-9-13(2)19-20(16)3/h5-10,18H,4,11-12H2,1-3H3. The van der Waals surface area contributed by atoms with E-state index < -0.39 is 0 Å². The van der Waals surface area contributed by atoms with Crippen LogP contribution < -0.4 is 5.32 Å². The van der Waals surface area contributed by atoms with Gasteiger partial charge in [0.25, 0.3) is 0 Å². The Hall–Kier alpha value is -2.07. The molecule has 2 aromatic heterocycles. The van der Waals surface area contributed by atoms with Gasteiger partial charge in [0.2, 0.25) is 0 Å². The van der Waals surface area contributed by atoms with Crippen molar-refractivity contribution in [1.82, 2.24) is 19.7 Å². The van der Waals surface area contributed by atoms with E-state index in [0.29, 0.717) is 0 Å². The molecule has 0 saturated heterocycles. The maximum Gasteiger partial charge on any atom is 0.0645 e. The molecule has 110 valence electrons. The third-order valence-corrected chi connectivity index (χ3v) is 3.85. The van der Waals surface area contributed by atoms with Crippen LogP contribution in [0, 0.1) is 6.92 Å². The first kappa shape index (κ1) is 13.9. The van der Waals surface area contributed by atoms with Crippen molar-refractivity contribution in [2.45, 2.75) is 26.9 Å². The summed E-state index contributed by atoms with van der Waals surface area (Å²) in [4.78, 5) is 0. The zero-order valence-corrected chi connectivity index (χ0v) is 12.9. The highest BCUT2D eigenvalue weighted by molar-refractivity contribution is 5.80. The molecular formula is C17H22N4. The first-order valence-electron chi connectivity index (χ1n) is 7.45. The molecule has 4 nitrogen and oxygen atoms in total. The van der Waals surface area contributed by atoms with Crippen molar-refractivity contribution in [2.24, 2.45) is 7.05 Å². The van der Waals surface area contributed by atoms with Crippen LogP contribution >= 0.6 is 0 Å². The van der Waals surface area contributed by atoms with E-state index in [1.807, 2.05) is 18.7 Å². The quantitative estimate of drug-likeness (QED) is 0.781. The molecule has 0 unspecified atom stereocenters. The maximum atomic E-state index is 4.42. The molecular weight excluding hydrogens is 260 g/mol. The minimum Gasteiger partial charge on any atom is -0.341 e. The van der Waals surface area contributed by atoms with Crippen LogP contribution in [0.2, 0.25) is 0 Å². The first-order valence-corrected chi connectivity index (χ1v) is 7.45. The van der Waals surface area contributed by atoms with E-state index in [1.165, 1.54) is 22.2 Å². The van der Waals surface area contributed by atoms with Gasteiger partial charge in [-0.25, -0.2) is 0 Å². The smallest absolute Gasteiger partial charge is 0.0645 e. The number of fused-ring (bicyclic) bond motifs is 1. The van der Waals surface area contributed by atoms with Crippen LogP contribution in [0.4, 0.5) is 0 Å². The average Bonchev–Trinajstić information content (AvgIpc) is 3.00. The van der Waals surface area contributed by atoms with Gasteiger partial charge >= 0.3 is 0 Å². The van der Waals surface area contributed by atoms with Gasteiger partial charge < -0.3 is 9.88 Å². The third kappa shape index (κ3) is 2.85. The Bertz CT molecular complexity index is 751. The summed E-state index contributed by atoms with van der Waals surface area (Å²) >= 11 is 0. The second kappa shape index (κ2) is 5.74. The molecule has 3 rings (SSSR count). The molecule has 3 aromatic rings. The van der Waals surface area contributed by atoms with Gasteiger partial charge in [0, 0.05) is 25.3 Å². The highest BCUT2D eigenvalue weighted by Gasteiger charge is 2.06. The molecule has 1 N–H and O–H groups in total. The van der Waals surface area contributed by atoms with E-state index in [-0.39, 0.29) is 0 Å². The van der Waals surface area contributed by atoms with Crippen LogP contribution in [0.3, 0.4) is 0 Å². The molecule has 0 fully saturated rings. The largest absolute Gasteiger partial charge is 0.341 e. The normalized spacial score (nSPS) is 11.4. The molecule has 0 radical (unpaired) electrons. The van der Waals surface area contributed by atoms with Gasteiger partial charge in [-0.2, -0.15) is 5.10 Å². The number of nitrogens with zero attached hydrogens (tertiary/aromatic N) is 3. The number of benzene rings is 1. The number of rotatable bonds is 5. The predicted molar refractivity (Wildman–Crippen MR) is 86.4 cm³/mol. The van der Waals surface area contributed by atoms with Gasteiger partial charge in [0.1, 0.15) is 0 Å². The fourth-order valence-electron chi connectivity index (χ4n) is 2.73. The summed E-state index contributed by atoms with van der Waals surface area (Å²) in [6.07, 6.45) is 2.16. The summed E-state index contributed by atoms with van der Waals surface area (Å²) in [5.74, 6) is 0. The monoisotopic (exact) mass is 282 g/mol. The minimum atomic E-state index is 0.853. The van der Waals surface area contributed by atoms with Gasteiger partial charge in [0.15, 0.2) is 0 Å². The van der Waals surface area contributed by atoms with Gasteiger partial charge in [-0.3, -0.25) is 4.68 Å². The van der Waals surface area contributed by atoms with Crippen molar-refractivity contribution in [1.29, 1.82) is 0 Å². The number of aryl methyl sites for hydroxylation is 2. The van der Waals surface area contributed by atoms with E-state index in [0.717, 1.165) is 25.3 Å². The highest BCUT2D eigenvalue weighted by atomic mass is 15.3. The number of aromatic nitrogens is 3. The molecule has 1 aromatic carbocycles. The topological polar surface area (TPSA) is 34.8 Å². The summed E-state index contributed by atoms with van der Waals surface area (Å²) < 4.78 is 4.25. The van der Waals surface area contributed by atoms with E-state index in [9.17, 15) is 0 Å².